The zero-order valence-electron chi connectivity index (χ0n) is 14.8. The second kappa shape index (κ2) is 7.00. The van der Waals surface area contributed by atoms with E-state index in [4.69, 9.17) is 0 Å². The molecule has 142 valence electrons. The fourth-order valence-electron chi connectivity index (χ4n) is 4.93. The van der Waals surface area contributed by atoms with E-state index in [0.29, 0.717) is 32.1 Å². The number of amides is 1. The molecule has 1 amide bonds. The number of nitrogens with one attached hydrogen (secondary N) is 1. The summed E-state index contributed by atoms with van der Waals surface area (Å²) < 4.78 is 30.6. The van der Waals surface area contributed by atoms with Crippen molar-refractivity contribution in [2.45, 2.75) is 64.2 Å². The highest BCUT2D eigenvalue weighted by Gasteiger charge is 2.61. The van der Waals surface area contributed by atoms with Crippen molar-refractivity contribution in [1.29, 1.82) is 0 Å². The zero-order valence-corrected chi connectivity index (χ0v) is 16.4. The lowest BCUT2D eigenvalue weighted by molar-refractivity contribution is -0.179. The number of ketones is 1. The molecule has 2 aliphatic carbocycles. The molecule has 2 aliphatic rings. The summed E-state index contributed by atoms with van der Waals surface area (Å²) in [4.78, 5) is 25.0. The van der Waals surface area contributed by atoms with E-state index in [1.54, 1.807) is 0 Å². The van der Waals surface area contributed by atoms with Gasteiger partial charge in [-0.3, -0.25) is 9.59 Å². The van der Waals surface area contributed by atoms with Crippen LogP contribution in [0, 0.1) is 5.41 Å². The number of Topliss-reactive ketones (excluding diaryl/α,β-unsaturated/α-hetero) is 1. The van der Waals surface area contributed by atoms with E-state index in [-0.39, 0.29) is 11.7 Å². The van der Waals surface area contributed by atoms with Gasteiger partial charge in [-0.05, 0) is 62.3 Å². The molecule has 0 aliphatic heterocycles. The van der Waals surface area contributed by atoms with Crippen LogP contribution >= 0.6 is 15.9 Å². The van der Waals surface area contributed by atoms with Gasteiger partial charge >= 0.3 is 6.61 Å². The highest BCUT2D eigenvalue weighted by molar-refractivity contribution is 9.10. The number of hydrogen-bond donors (Lipinski definition) is 1. The molecule has 7 heteroatoms. The fourth-order valence-corrected chi connectivity index (χ4v) is 5.29. The number of alkyl halides is 2. The van der Waals surface area contributed by atoms with Crippen LogP contribution in [0.25, 0.3) is 0 Å². The molecule has 1 fully saturated rings. The van der Waals surface area contributed by atoms with Gasteiger partial charge in [-0.25, -0.2) is 0 Å². The zero-order chi connectivity index (χ0) is 19.1. The lowest BCUT2D eigenvalue weighted by Crippen LogP contribution is -2.60. The van der Waals surface area contributed by atoms with Crippen LogP contribution in [0.2, 0.25) is 0 Å². The highest BCUT2D eigenvalue weighted by Crippen LogP contribution is 2.58. The van der Waals surface area contributed by atoms with Crippen LogP contribution in [0.4, 0.5) is 8.78 Å². The topological polar surface area (TPSA) is 55.4 Å². The molecule has 3 rings (SSSR count). The molecular formula is C19H22BrF2NO3. The van der Waals surface area contributed by atoms with Gasteiger partial charge in [0, 0.05) is 16.8 Å². The Morgan fingerprint density at radius 3 is 2.46 bits per heavy atom. The number of fused-ring (bicyclic) bond motifs is 1. The van der Waals surface area contributed by atoms with Crippen LogP contribution in [0.5, 0.6) is 0 Å². The van der Waals surface area contributed by atoms with Crippen LogP contribution in [0.1, 0.15) is 50.7 Å². The largest absolute Gasteiger partial charge is 0.345 e. The number of benzene rings is 1. The second-order valence-electron chi connectivity index (χ2n) is 7.34. The summed E-state index contributed by atoms with van der Waals surface area (Å²) in [7, 11) is 0. The first-order chi connectivity index (χ1) is 12.2. The summed E-state index contributed by atoms with van der Waals surface area (Å²) in [5.41, 5.74) is 0.178. The summed E-state index contributed by atoms with van der Waals surface area (Å²) in [5.74, 6) is -0.406. The Hall–Kier alpha value is -1.34. The van der Waals surface area contributed by atoms with Crippen molar-refractivity contribution in [1.82, 2.24) is 5.32 Å². The van der Waals surface area contributed by atoms with Crippen molar-refractivity contribution in [3.8, 4) is 0 Å². The van der Waals surface area contributed by atoms with Gasteiger partial charge in [0.05, 0.1) is 6.10 Å². The number of halogens is 3. The maximum Gasteiger partial charge on any atom is 0.345 e. The Labute approximate surface area is 159 Å². The molecule has 1 spiro atoms. The van der Waals surface area contributed by atoms with Gasteiger partial charge in [0.25, 0.3) is 0 Å². The third kappa shape index (κ3) is 3.09. The van der Waals surface area contributed by atoms with Crippen molar-refractivity contribution in [3.63, 3.8) is 0 Å². The van der Waals surface area contributed by atoms with E-state index >= 15 is 0 Å². The third-order valence-electron chi connectivity index (χ3n) is 5.88. The lowest BCUT2D eigenvalue weighted by Gasteiger charge is -2.49. The smallest absolute Gasteiger partial charge is 0.339 e. The van der Waals surface area contributed by atoms with Gasteiger partial charge in [-0.2, -0.15) is 8.78 Å². The van der Waals surface area contributed by atoms with Gasteiger partial charge in [-0.1, -0.05) is 22.0 Å². The summed E-state index contributed by atoms with van der Waals surface area (Å²) in [5, 5.41) is 2.96. The van der Waals surface area contributed by atoms with Crippen LogP contribution in [0.3, 0.4) is 0 Å². The Bertz CT molecular complexity index is 731. The SMILES string of the molecule is CC(=O)NC1(C(C)=O)c2cc(Br)ccc2CC12CCC(OC(F)F)CC2. The van der Waals surface area contributed by atoms with Crippen molar-refractivity contribution >= 4 is 27.6 Å². The summed E-state index contributed by atoms with van der Waals surface area (Å²) >= 11 is 3.45. The van der Waals surface area contributed by atoms with Crippen molar-refractivity contribution in [3.05, 3.63) is 33.8 Å². The van der Waals surface area contributed by atoms with E-state index in [0.717, 1.165) is 15.6 Å². The first-order valence-electron chi connectivity index (χ1n) is 8.72. The fraction of sp³-hybridized carbons (Fsp3) is 0.579. The average molecular weight is 430 g/mol. The standard InChI is InChI=1S/C19H22BrF2NO3/c1-11(24)19(23-12(2)25)16-9-14(20)4-3-13(16)10-18(19)7-5-15(6-8-18)26-17(21)22/h3-4,9,15,17H,5-8,10H2,1-2H3,(H,23,25). The van der Waals surface area contributed by atoms with Crippen LogP contribution < -0.4 is 5.32 Å². The predicted molar refractivity (Wildman–Crippen MR) is 95.8 cm³/mol. The van der Waals surface area contributed by atoms with Crippen LogP contribution in [0.15, 0.2) is 22.7 Å². The van der Waals surface area contributed by atoms with Gasteiger partial charge in [0.15, 0.2) is 5.78 Å². The first-order valence-corrected chi connectivity index (χ1v) is 9.52. The van der Waals surface area contributed by atoms with Crippen molar-refractivity contribution in [2.24, 2.45) is 5.41 Å². The quantitative estimate of drug-likeness (QED) is 0.783. The monoisotopic (exact) mass is 429 g/mol. The van der Waals surface area contributed by atoms with E-state index in [9.17, 15) is 18.4 Å². The average Bonchev–Trinajstić information content (AvgIpc) is 2.80. The predicted octanol–water partition coefficient (Wildman–Crippen LogP) is 4.09. The van der Waals surface area contributed by atoms with Crippen molar-refractivity contribution in [2.75, 3.05) is 0 Å². The Morgan fingerprint density at radius 2 is 1.92 bits per heavy atom. The van der Waals surface area contributed by atoms with E-state index in [2.05, 4.69) is 26.0 Å². The number of carbonyl (C=O) groups excluding carboxylic acids is 2. The summed E-state index contributed by atoms with van der Waals surface area (Å²) in [6, 6.07) is 5.78. The number of rotatable bonds is 4. The van der Waals surface area contributed by atoms with Gasteiger partial charge in [0.2, 0.25) is 5.91 Å². The van der Waals surface area contributed by atoms with Crippen LogP contribution in [-0.2, 0) is 26.3 Å². The molecule has 0 aromatic heterocycles. The van der Waals surface area contributed by atoms with Crippen molar-refractivity contribution < 1.29 is 23.1 Å². The molecule has 1 N–H and O–H groups in total. The minimum atomic E-state index is -2.79. The van der Waals surface area contributed by atoms with Crippen LogP contribution in [-0.4, -0.2) is 24.4 Å². The first kappa shape index (κ1) is 19.4. The summed E-state index contributed by atoms with van der Waals surface area (Å²) in [6.07, 6.45) is 2.07. The number of hydrogen-bond acceptors (Lipinski definition) is 3. The molecule has 0 heterocycles. The number of carbonyl (C=O) groups is 2. The van der Waals surface area contributed by atoms with E-state index < -0.39 is 23.7 Å². The molecule has 0 bridgehead atoms. The third-order valence-corrected chi connectivity index (χ3v) is 6.37. The van der Waals surface area contributed by atoms with E-state index in [1.807, 2.05) is 18.2 Å². The minimum Gasteiger partial charge on any atom is -0.339 e. The lowest BCUT2D eigenvalue weighted by atomic mass is 9.60. The molecule has 1 aromatic carbocycles. The minimum absolute atomic E-state index is 0.127. The molecule has 0 radical (unpaired) electrons. The maximum atomic E-state index is 12.9. The molecule has 1 unspecified atom stereocenters. The molecule has 1 aromatic rings. The Kier molecular flexibility index (Phi) is 5.23. The summed E-state index contributed by atoms with van der Waals surface area (Å²) in [6.45, 7) is 0.105. The molecule has 1 saturated carbocycles. The van der Waals surface area contributed by atoms with E-state index in [1.165, 1.54) is 13.8 Å². The molecule has 1 atom stereocenters. The molecule has 4 nitrogen and oxygen atoms in total. The molecular weight excluding hydrogens is 408 g/mol. The van der Waals surface area contributed by atoms with Gasteiger partial charge in [0.1, 0.15) is 5.54 Å². The second-order valence-corrected chi connectivity index (χ2v) is 8.26. The number of ether oxygens (including phenoxy) is 1. The maximum absolute atomic E-state index is 12.9. The van der Waals surface area contributed by atoms with Gasteiger partial charge < -0.3 is 10.1 Å². The molecule has 0 saturated heterocycles. The highest BCUT2D eigenvalue weighted by atomic mass is 79.9. The normalized spacial score (nSPS) is 30.5. The Balaban J connectivity index is 2.05. The Morgan fingerprint density at radius 1 is 1.27 bits per heavy atom. The van der Waals surface area contributed by atoms with Gasteiger partial charge in [-0.15, -0.1) is 0 Å². The molecule has 26 heavy (non-hydrogen) atoms.